The van der Waals surface area contributed by atoms with Crippen molar-refractivity contribution >= 4 is 11.6 Å². The lowest BCUT2D eigenvalue weighted by Crippen LogP contribution is -2.27. The molecule has 4 rings (SSSR count). The standard InChI is InChI=1S/C19H22N2O4/c1-19(2,3)11-4-6-14-13(8-11)17(21-25-14)18(22)20-12-5-7-15-16(9-12)24-10-23-15/h5,7,9,11H,4,6,8,10H2,1-3H3,(H,20,22)/t11-/m0/s1. The predicted molar refractivity (Wildman–Crippen MR) is 92.0 cm³/mol. The van der Waals surface area contributed by atoms with Crippen LogP contribution in [0.15, 0.2) is 22.7 Å². The lowest BCUT2D eigenvalue weighted by molar-refractivity contribution is 0.101. The number of nitrogens with one attached hydrogen (secondary N) is 1. The summed E-state index contributed by atoms with van der Waals surface area (Å²) in [6.45, 7) is 6.92. The molecule has 25 heavy (non-hydrogen) atoms. The van der Waals surface area contributed by atoms with Crippen LogP contribution in [0.5, 0.6) is 11.5 Å². The number of aromatic nitrogens is 1. The van der Waals surface area contributed by atoms with Gasteiger partial charge in [0.05, 0.1) is 0 Å². The minimum atomic E-state index is -0.251. The average Bonchev–Trinajstić information content (AvgIpc) is 3.19. The van der Waals surface area contributed by atoms with E-state index >= 15 is 0 Å². The largest absolute Gasteiger partial charge is 0.454 e. The lowest BCUT2D eigenvalue weighted by Gasteiger charge is -2.33. The van der Waals surface area contributed by atoms with Gasteiger partial charge in [-0.2, -0.15) is 0 Å². The molecule has 0 unspecified atom stereocenters. The van der Waals surface area contributed by atoms with E-state index in [1.807, 2.05) is 0 Å². The summed E-state index contributed by atoms with van der Waals surface area (Å²) in [7, 11) is 0. The minimum absolute atomic E-state index is 0.194. The zero-order valence-electron chi connectivity index (χ0n) is 14.7. The van der Waals surface area contributed by atoms with Crippen molar-refractivity contribution in [2.45, 2.75) is 40.0 Å². The summed E-state index contributed by atoms with van der Waals surface area (Å²) in [4.78, 5) is 12.7. The predicted octanol–water partition coefficient (Wildman–Crippen LogP) is 3.81. The molecule has 1 amide bonds. The number of hydrogen-bond donors (Lipinski definition) is 1. The normalized spacial score (nSPS) is 18.8. The van der Waals surface area contributed by atoms with Gasteiger partial charge in [0, 0.05) is 23.7 Å². The summed E-state index contributed by atoms with van der Waals surface area (Å²) in [5.74, 6) is 2.42. The van der Waals surface area contributed by atoms with Crippen molar-refractivity contribution < 1.29 is 18.8 Å². The van der Waals surface area contributed by atoms with E-state index < -0.39 is 0 Å². The summed E-state index contributed by atoms with van der Waals surface area (Å²) in [5.41, 5.74) is 2.18. The number of hydrogen-bond acceptors (Lipinski definition) is 5. The highest BCUT2D eigenvalue weighted by molar-refractivity contribution is 6.04. The summed E-state index contributed by atoms with van der Waals surface area (Å²) >= 11 is 0. The fraction of sp³-hybridized carbons (Fsp3) is 0.474. The lowest BCUT2D eigenvalue weighted by atomic mass is 9.71. The van der Waals surface area contributed by atoms with Crippen LogP contribution in [0.1, 0.15) is 49.0 Å². The Labute approximate surface area is 146 Å². The van der Waals surface area contributed by atoms with E-state index in [0.29, 0.717) is 28.8 Å². The Morgan fingerprint density at radius 1 is 1.24 bits per heavy atom. The molecule has 0 bridgehead atoms. The maximum Gasteiger partial charge on any atom is 0.278 e. The molecule has 2 aromatic rings. The molecule has 1 aromatic carbocycles. The van der Waals surface area contributed by atoms with Crippen LogP contribution in [0.2, 0.25) is 0 Å². The maximum absolute atomic E-state index is 12.7. The molecule has 0 fully saturated rings. The van der Waals surface area contributed by atoms with Gasteiger partial charge >= 0.3 is 0 Å². The molecule has 0 saturated carbocycles. The van der Waals surface area contributed by atoms with Crippen molar-refractivity contribution in [3.8, 4) is 11.5 Å². The van der Waals surface area contributed by atoms with Gasteiger partial charge < -0.3 is 19.3 Å². The molecule has 1 N–H and O–H groups in total. The SMILES string of the molecule is CC(C)(C)[C@H]1CCc2onc(C(=O)Nc3ccc4c(c3)OCO4)c2C1. The smallest absolute Gasteiger partial charge is 0.278 e. The van der Waals surface area contributed by atoms with Crippen molar-refractivity contribution in [3.05, 3.63) is 35.2 Å². The van der Waals surface area contributed by atoms with Crippen molar-refractivity contribution in [2.75, 3.05) is 12.1 Å². The topological polar surface area (TPSA) is 73.6 Å². The van der Waals surface area contributed by atoms with Gasteiger partial charge in [-0.3, -0.25) is 4.79 Å². The Balaban J connectivity index is 1.55. The average molecular weight is 342 g/mol. The molecule has 2 heterocycles. The van der Waals surface area contributed by atoms with Gasteiger partial charge in [0.2, 0.25) is 6.79 Å². The molecule has 2 aliphatic rings. The van der Waals surface area contributed by atoms with Crippen LogP contribution in [-0.4, -0.2) is 17.9 Å². The number of nitrogens with zero attached hydrogens (tertiary/aromatic N) is 1. The van der Waals surface area contributed by atoms with E-state index in [1.165, 1.54) is 0 Å². The van der Waals surface area contributed by atoms with Gasteiger partial charge in [0.15, 0.2) is 17.2 Å². The number of carbonyl (C=O) groups excluding carboxylic acids is 1. The van der Waals surface area contributed by atoms with E-state index in [2.05, 4.69) is 31.2 Å². The first-order valence-corrected chi connectivity index (χ1v) is 8.60. The Morgan fingerprint density at radius 2 is 2.04 bits per heavy atom. The zero-order chi connectivity index (χ0) is 17.6. The summed E-state index contributed by atoms with van der Waals surface area (Å²) in [6, 6.07) is 5.33. The molecule has 1 aliphatic heterocycles. The van der Waals surface area contributed by atoms with Gasteiger partial charge in [-0.05, 0) is 36.3 Å². The summed E-state index contributed by atoms with van der Waals surface area (Å²) in [6.07, 6.45) is 2.72. The van der Waals surface area contributed by atoms with Crippen molar-refractivity contribution in [1.29, 1.82) is 0 Å². The molecule has 1 aromatic heterocycles. The Morgan fingerprint density at radius 3 is 2.84 bits per heavy atom. The van der Waals surface area contributed by atoms with Gasteiger partial charge in [-0.1, -0.05) is 25.9 Å². The highest BCUT2D eigenvalue weighted by Gasteiger charge is 2.34. The second-order valence-electron chi connectivity index (χ2n) is 7.76. The number of aryl methyl sites for hydroxylation is 1. The monoisotopic (exact) mass is 342 g/mol. The Bertz CT molecular complexity index is 819. The first kappa shape index (κ1) is 16.0. The first-order chi connectivity index (χ1) is 11.9. The molecule has 6 nitrogen and oxygen atoms in total. The fourth-order valence-electron chi connectivity index (χ4n) is 3.49. The molecular formula is C19H22N2O4. The second kappa shape index (κ2) is 5.79. The summed E-state index contributed by atoms with van der Waals surface area (Å²) in [5, 5.41) is 6.92. The third kappa shape index (κ3) is 2.97. The van der Waals surface area contributed by atoms with Crippen molar-refractivity contribution in [1.82, 2.24) is 5.16 Å². The van der Waals surface area contributed by atoms with E-state index in [0.717, 1.165) is 30.6 Å². The number of ether oxygens (including phenoxy) is 2. The van der Waals surface area contributed by atoms with Crippen LogP contribution >= 0.6 is 0 Å². The van der Waals surface area contributed by atoms with Crippen molar-refractivity contribution in [2.24, 2.45) is 11.3 Å². The molecule has 132 valence electrons. The number of amides is 1. The molecule has 6 heteroatoms. The molecule has 1 atom stereocenters. The van der Waals surface area contributed by atoms with Crippen LogP contribution in [0.3, 0.4) is 0 Å². The van der Waals surface area contributed by atoms with E-state index in [9.17, 15) is 4.79 Å². The van der Waals surface area contributed by atoms with E-state index in [4.69, 9.17) is 14.0 Å². The Kier molecular flexibility index (Phi) is 3.71. The fourth-order valence-corrected chi connectivity index (χ4v) is 3.49. The van der Waals surface area contributed by atoms with Gasteiger partial charge in [-0.15, -0.1) is 0 Å². The maximum atomic E-state index is 12.7. The number of fused-ring (bicyclic) bond motifs is 2. The van der Waals surface area contributed by atoms with E-state index in [1.54, 1.807) is 18.2 Å². The zero-order valence-corrected chi connectivity index (χ0v) is 14.7. The third-order valence-electron chi connectivity index (χ3n) is 5.11. The number of carbonyl (C=O) groups is 1. The molecule has 1 aliphatic carbocycles. The van der Waals surface area contributed by atoms with Crippen LogP contribution in [0, 0.1) is 11.3 Å². The number of anilines is 1. The second-order valence-corrected chi connectivity index (χ2v) is 7.76. The van der Waals surface area contributed by atoms with Crippen LogP contribution < -0.4 is 14.8 Å². The quantitative estimate of drug-likeness (QED) is 0.898. The van der Waals surface area contributed by atoms with Crippen LogP contribution in [-0.2, 0) is 12.8 Å². The van der Waals surface area contributed by atoms with Gasteiger partial charge in [0.1, 0.15) is 5.76 Å². The van der Waals surface area contributed by atoms with Crippen molar-refractivity contribution in [3.63, 3.8) is 0 Å². The minimum Gasteiger partial charge on any atom is -0.454 e. The molecule has 0 radical (unpaired) electrons. The van der Waals surface area contributed by atoms with E-state index in [-0.39, 0.29) is 18.1 Å². The highest BCUT2D eigenvalue weighted by Crippen LogP contribution is 2.39. The number of benzene rings is 1. The summed E-state index contributed by atoms with van der Waals surface area (Å²) < 4.78 is 16.1. The highest BCUT2D eigenvalue weighted by atomic mass is 16.7. The number of rotatable bonds is 2. The van der Waals surface area contributed by atoms with Gasteiger partial charge in [-0.25, -0.2) is 0 Å². The molecular weight excluding hydrogens is 320 g/mol. The Hall–Kier alpha value is -2.50. The third-order valence-corrected chi connectivity index (χ3v) is 5.11. The van der Waals surface area contributed by atoms with Gasteiger partial charge in [0.25, 0.3) is 5.91 Å². The first-order valence-electron chi connectivity index (χ1n) is 8.60. The van der Waals surface area contributed by atoms with Crippen LogP contribution in [0.4, 0.5) is 5.69 Å². The molecule has 0 spiro atoms. The van der Waals surface area contributed by atoms with Crippen LogP contribution in [0.25, 0.3) is 0 Å². The molecule has 0 saturated heterocycles.